The number of carbonyl (C=O) groups is 1. The minimum atomic E-state index is 0.107. The molecule has 2 heterocycles. The second-order valence-electron chi connectivity index (χ2n) is 6.39. The molecule has 6 nitrogen and oxygen atoms in total. The summed E-state index contributed by atoms with van der Waals surface area (Å²) in [6.07, 6.45) is 2.74. The van der Waals surface area contributed by atoms with E-state index in [0.717, 1.165) is 24.9 Å². The van der Waals surface area contributed by atoms with Crippen LogP contribution in [-0.2, 0) is 11.2 Å². The number of nitrogens with two attached hydrogens (primary N) is 1. The lowest BCUT2D eigenvalue weighted by Gasteiger charge is -2.21. The number of anilines is 1. The molecule has 0 radical (unpaired) electrons. The van der Waals surface area contributed by atoms with Gasteiger partial charge in [-0.1, -0.05) is 29.3 Å². The van der Waals surface area contributed by atoms with Crippen LogP contribution in [0, 0.1) is 0 Å². The Morgan fingerprint density at radius 1 is 1.19 bits per heavy atom. The number of nitrogens with zero attached hydrogens (tertiary/aromatic N) is 4. The van der Waals surface area contributed by atoms with Crippen LogP contribution in [0.3, 0.4) is 0 Å². The van der Waals surface area contributed by atoms with Crippen molar-refractivity contribution in [3.63, 3.8) is 0 Å². The fourth-order valence-electron chi connectivity index (χ4n) is 3.06. The van der Waals surface area contributed by atoms with Crippen LogP contribution >= 0.6 is 34.8 Å². The maximum absolute atomic E-state index is 11.7. The van der Waals surface area contributed by atoms with Gasteiger partial charge in [0.25, 0.3) is 0 Å². The SMILES string of the molecule is NN(CCCN1CCCC1=O)c1cc(Cc2c(Cl)cccc2Cl)nc(Cl)n1. The number of benzene rings is 1. The molecule has 0 spiro atoms. The van der Waals surface area contributed by atoms with E-state index < -0.39 is 0 Å². The van der Waals surface area contributed by atoms with Gasteiger partial charge in [0.05, 0.1) is 5.69 Å². The van der Waals surface area contributed by atoms with E-state index in [1.807, 2.05) is 4.90 Å². The number of aromatic nitrogens is 2. The van der Waals surface area contributed by atoms with Gasteiger partial charge in [-0.05, 0) is 42.1 Å². The minimum Gasteiger partial charge on any atom is -0.343 e. The van der Waals surface area contributed by atoms with Gasteiger partial charge < -0.3 is 4.90 Å². The minimum absolute atomic E-state index is 0.107. The Labute approximate surface area is 173 Å². The number of amides is 1. The molecule has 27 heavy (non-hydrogen) atoms. The Hall–Kier alpha value is -1.60. The molecule has 144 valence electrons. The normalized spacial score (nSPS) is 14.1. The predicted octanol–water partition coefficient (Wildman–Crippen LogP) is 3.72. The monoisotopic (exact) mass is 427 g/mol. The summed E-state index contributed by atoms with van der Waals surface area (Å²) in [5.74, 6) is 6.86. The number of likely N-dealkylation sites (tertiary alicyclic amines) is 1. The maximum Gasteiger partial charge on any atom is 0.224 e. The van der Waals surface area contributed by atoms with Crippen molar-refractivity contribution < 1.29 is 4.79 Å². The first-order chi connectivity index (χ1) is 12.9. The maximum atomic E-state index is 11.7. The fraction of sp³-hybridized carbons (Fsp3) is 0.389. The molecule has 1 saturated heterocycles. The fourth-order valence-corrected chi connectivity index (χ4v) is 3.78. The Morgan fingerprint density at radius 3 is 2.59 bits per heavy atom. The highest BCUT2D eigenvalue weighted by Crippen LogP contribution is 2.27. The van der Waals surface area contributed by atoms with Gasteiger partial charge in [0.1, 0.15) is 5.82 Å². The lowest BCUT2D eigenvalue weighted by molar-refractivity contribution is -0.127. The second kappa shape index (κ2) is 9.06. The van der Waals surface area contributed by atoms with E-state index in [0.29, 0.717) is 47.5 Å². The van der Waals surface area contributed by atoms with Crippen LogP contribution in [0.1, 0.15) is 30.5 Å². The molecular formula is C18H20Cl3N5O. The van der Waals surface area contributed by atoms with Crippen LogP contribution in [0.25, 0.3) is 0 Å². The quantitative estimate of drug-likeness (QED) is 0.413. The summed E-state index contributed by atoms with van der Waals surface area (Å²) in [6.45, 7) is 2.06. The molecule has 1 aliphatic rings. The topological polar surface area (TPSA) is 75.3 Å². The van der Waals surface area contributed by atoms with Crippen LogP contribution < -0.4 is 10.9 Å². The second-order valence-corrected chi connectivity index (χ2v) is 7.55. The molecule has 1 aromatic carbocycles. The number of hydrazine groups is 1. The van der Waals surface area contributed by atoms with E-state index in [4.69, 9.17) is 40.6 Å². The van der Waals surface area contributed by atoms with E-state index in [-0.39, 0.29) is 11.2 Å². The zero-order valence-corrected chi connectivity index (χ0v) is 16.9. The van der Waals surface area contributed by atoms with Gasteiger partial charge in [0.2, 0.25) is 11.2 Å². The van der Waals surface area contributed by atoms with Gasteiger partial charge in [-0.2, -0.15) is 4.98 Å². The number of hydrogen-bond acceptors (Lipinski definition) is 5. The average molecular weight is 429 g/mol. The van der Waals surface area contributed by atoms with E-state index in [1.165, 1.54) is 5.01 Å². The zero-order valence-electron chi connectivity index (χ0n) is 14.7. The van der Waals surface area contributed by atoms with Crippen LogP contribution in [-0.4, -0.2) is 40.4 Å². The Morgan fingerprint density at radius 2 is 1.93 bits per heavy atom. The average Bonchev–Trinajstić information content (AvgIpc) is 3.03. The van der Waals surface area contributed by atoms with E-state index >= 15 is 0 Å². The highest BCUT2D eigenvalue weighted by molar-refractivity contribution is 6.36. The molecule has 1 aromatic heterocycles. The molecule has 0 bridgehead atoms. The molecule has 0 aliphatic carbocycles. The molecule has 1 aliphatic heterocycles. The summed E-state index contributed by atoms with van der Waals surface area (Å²) < 4.78 is 0. The van der Waals surface area contributed by atoms with E-state index in [2.05, 4.69) is 9.97 Å². The highest BCUT2D eigenvalue weighted by atomic mass is 35.5. The first-order valence-corrected chi connectivity index (χ1v) is 9.84. The zero-order chi connectivity index (χ0) is 19.4. The van der Waals surface area contributed by atoms with E-state index in [9.17, 15) is 4.79 Å². The molecule has 2 aromatic rings. The largest absolute Gasteiger partial charge is 0.343 e. The number of halogens is 3. The molecular weight excluding hydrogens is 409 g/mol. The highest BCUT2D eigenvalue weighted by Gasteiger charge is 2.19. The van der Waals surface area contributed by atoms with Crippen molar-refractivity contribution in [2.24, 2.45) is 5.84 Å². The van der Waals surface area contributed by atoms with Crippen molar-refractivity contribution in [1.82, 2.24) is 14.9 Å². The molecule has 1 amide bonds. The van der Waals surface area contributed by atoms with E-state index in [1.54, 1.807) is 24.3 Å². The molecule has 0 saturated carbocycles. The molecule has 2 N–H and O–H groups in total. The summed E-state index contributed by atoms with van der Waals surface area (Å²) in [4.78, 5) is 22.0. The summed E-state index contributed by atoms with van der Waals surface area (Å²) in [5, 5.41) is 2.76. The van der Waals surface area contributed by atoms with Crippen molar-refractivity contribution >= 4 is 46.5 Å². The van der Waals surface area contributed by atoms with Crippen molar-refractivity contribution in [2.75, 3.05) is 24.6 Å². The van der Waals surface area contributed by atoms with Crippen molar-refractivity contribution in [1.29, 1.82) is 0 Å². The third-order valence-electron chi connectivity index (χ3n) is 4.45. The molecule has 9 heteroatoms. The lowest BCUT2D eigenvalue weighted by Crippen LogP contribution is -2.35. The van der Waals surface area contributed by atoms with Crippen LogP contribution in [0.5, 0.6) is 0 Å². The molecule has 0 atom stereocenters. The lowest BCUT2D eigenvalue weighted by atomic mass is 10.1. The molecule has 3 rings (SSSR count). The smallest absolute Gasteiger partial charge is 0.224 e. The summed E-state index contributed by atoms with van der Waals surface area (Å²) >= 11 is 18.5. The van der Waals surface area contributed by atoms with Crippen LogP contribution in [0.4, 0.5) is 5.82 Å². The Kier molecular flexibility index (Phi) is 6.76. The van der Waals surface area contributed by atoms with Crippen LogP contribution in [0.2, 0.25) is 15.3 Å². The van der Waals surface area contributed by atoms with Gasteiger partial charge in [0, 0.05) is 48.6 Å². The number of carbonyl (C=O) groups excluding carboxylic acids is 1. The van der Waals surface area contributed by atoms with Gasteiger partial charge in [-0.3, -0.25) is 9.80 Å². The van der Waals surface area contributed by atoms with Crippen molar-refractivity contribution in [3.05, 3.63) is 50.9 Å². The van der Waals surface area contributed by atoms with Gasteiger partial charge in [-0.15, -0.1) is 0 Å². The van der Waals surface area contributed by atoms with Gasteiger partial charge in [-0.25, -0.2) is 10.8 Å². The first kappa shape index (κ1) is 20.1. The third kappa shape index (κ3) is 5.23. The van der Waals surface area contributed by atoms with Crippen LogP contribution in [0.15, 0.2) is 24.3 Å². The summed E-state index contributed by atoms with van der Waals surface area (Å²) in [7, 11) is 0. The molecule has 1 fully saturated rings. The summed E-state index contributed by atoms with van der Waals surface area (Å²) in [5.41, 5.74) is 1.45. The summed E-state index contributed by atoms with van der Waals surface area (Å²) in [6, 6.07) is 7.12. The van der Waals surface area contributed by atoms with Gasteiger partial charge >= 0.3 is 0 Å². The van der Waals surface area contributed by atoms with Crippen molar-refractivity contribution in [3.8, 4) is 0 Å². The first-order valence-electron chi connectivity index (χ1n) is 8.70. The Balaban J connectivity index is 1.66. The standard InChI is InChI=1S/C18H20Cl3N5O/c19-14-4-1-5-15(20)13(14)10-12-11-16(24-18(21)23-12)26(22)9-3-8-25-7-2-6-17(25)27/h1,4-5,11H,2-3,6-10,22H2. The Bertz CT molecular complexity index is 812. The predicted molar refractivity (Wildman–Crippen MR) is 108 cm³/mol. The third-order valence-corrected chi connectivity index (χ3v) is 5.33. The van der Waals surface area contributed by atoms with Gasteiger partial charge in [0.15, 0.2) is 0 Å². The van der Waals surface area contributed by atoms with Crippen molar-refractivity contribution in [2.45, 2.75) is 25.7 Å². The number of rotatable bonds is 7. The number of hydrogen-bond donors (Lipinski definition) is 1. The molecule has 0 unspecified atom stereocenters.